The summed E-state index contributed by atoms with van der Waals surface area (Å²) in [5.41, 5.74) is 5.42. The molecule has 6 heteroatoms. The maximum atomic E-state index is 11.2. The van der Waals surface area contributed by atoms with Crippen molar-refractivity contribution in [2.24, 2.45) is 17.6 Å². The van der Waals surface area contributed by atoms with Gasteiger partial charge in [0.25, 0.3) is 0 Å². The van der Waals surface area contributed by atoms with Gasteiger partial charge in [-0.1, -0.05) is 0 Å². The molecular weight excluding hydrogens is 206 g/mol. The van der Waals surface area contributed by atoms with E-state index in [2.05, 4.69) is 4.74 Å². The lowest BCUT2D eigenvalue weighted by atomic mass is 9.92. The van der Waals surface area contributed by atoms with Gasteiger partial charge in [0.05, 0.1) is 24.5 Å². The predicted molar refractivity (Wildman–Crippen MR) is 51.3 cm³/mol. The molecule has 0 aromatic carbocycles. The number of hydrogen-bond acceptors (Lipinski definition) is 5. The lowest BCUT2D eigenvalue weighted by molar-refractivity contribution is -0.146. The zero-order valence-corrected chi connectivity index (χ0v) is 8.92. The van der Waals surface area contributed by atoms with E-state index in [1.54, 1.807) is 0 Å². The van der Waals surface area contributed by atoms with E-state index in [4.69, 9.17) is 5.73 Å². The molecule has 0 amide bonds. The fourth-order valence-electron chi connectivity index (χ4n) is 1.77. The van der Waals surface area contributed by atoms with E-state index in [0.29, 0.717) is 6.42 Å². The second-order valence-corrected chi connectivity index (χ2v) is 5.76. The second-order valence-electron chi connectivity index (χ2n) is 3.53. The van der Waals surface area contributed by atoms with Crippen LogP contribution in [0.3, 0.4) is 0 Å². The Morgan fingerprint density at radius 3 is 2.64 bits per heavy atom. The van der Waals surface area contributed by atoms with Crippen LogP contribution in [0.25, 0.3) is 0 Å². The van der Waals surface area contributed by atoms with Crippen LogP contribution in [-0.2, 0) is 19.4 Å². The van der Waals surface area contributed by atoms with Crippen molar-refractivity contribution in [1.82, 2.24) is 0 Å². The summed E-state index contributed by atoms with van der Waals surface area (Å²) in [5, 5.41) is 0. The van der Waals surface area contributed by atoms with Crippen molar-refractivity contribution in [2.75, 3.05) is 25.2 Å². The zero-order chi connectivity index (χ0) is 10.8. The standard InChI is InChI=1S/C8H15NO4S/c1-13-8(10)7(4-9)6-2-3-14(11,12)5-6/h6-7H,2-5,9H2,1H3. The summed E-state index contributed by atoms with van der Waals surface area (Å²) in [6.07, 6.45) is 0.513. The van der Waals surface area contributed by atoms with Crippen molar-refractivity contribution in [3.63, 3.8) is 0 Å². The Bertz CT molecular complexity index is 311. The second kappa shape index (κ2) is 4.27. The minimum absolute atomic E-state index is 0.0595. The van der Waals surface area contributed by atoms with Gasteiger partial charge >= 0.3 is 5.97 Å². The van der Waals surface area contributed by atoms with Gasteiger partial charge < -0.3 is 10.5 Å². The first-order chi connectivity index (χ1) is 6.50. The van der Waals surface area contributed by atoms with Gasteiger partial charge in [-0.2, -0.15) is 0 Å². The van der Waals surface area contributed by atoms with Gasteiger partial charge in [0.15, 0.2) is 9.84 Å². The molecule has 1 rings (SSSR count). The van der Waals surface area contributed by atoms with E-state index < -0.39 is 21.7 Å². The topological polar surface area (TPSA) is 86.5 Å². The van der Waals surface area contributed by atoms with Gasteiger partial charge in [0, 0.05) is 6.54 Å². The van der Waals surface area contributed by atoms with E-state index >= 15 is 0 Å². The number of rotatable bonds is 3. The third-order valence-corrected chi connectivity index (χ3v) is 4.39. The van der Waals surface area contributed by atoms with Crippen LogP contribution in [0.15, 0.2) is 0 Å². The summed E-state index contributed by atoms with van der Waals surface area (Å²) in [5.74, 6) is -0.834. The number of hydrogen-bond donors (Lipinski definition) is 1. The van der Waals surface area contributed by atoms with Crippen LogP contribution < -0.4 is 5.73 Å². The first-order valence-corrected chi connectivity index (χ1v) is 6.30. The minimum Gasteiger partial charge on any atom is -0.469 e. The van der Waals surface area contributed by atoms with Gasteiger partial charge in [-0.15, -0.1) is 0 Å². The Labute approximate surface area is 83.5 Å². The monoisotopic (exact) mass is 221 g/mol. The molecule has 2 atom stereocenters. The molecule has 14 heavy (non-hydrogen) atoms. The van der Waals surface area contributed by atoms with Gasteiger partial charge in [-0.05, 0) is 12.3 Å². The van der Waals surface area contributed by atoms with Crippen LogP contribution in [0.5, 0.6) is 0 Å². The molecule has 2 unspecified atom stereocenters. The lowest BCUT2D eigenvalue weighted by Crippen LogP contribution is -2.32. The van der Waals surface area contributed by atoms with Crippen LogP contribution >= 0.6 is 0 Å². The summed E-state index contributed by atoms with van der Waals surface area (Å²) >= 11 is 0. The Hall–Kier alpha value is -0.620. The Morgan fingerprint density at radius 2 is 2.29 bits per heavy atom. The molecule has 1 aliphatic rings. The van der Waals surface area contributed by atoms with Crippen LogP contribution in [-0.4, -0.2) is 39.5 Å². The summed E-state index contributed by atoms with van der Waals surface area (Å²) in [4.78, 5) is 11.2. The summed E-state index contributed by atoms with van der Waals surface area (Å²) in [7, 11) is -1.67. The van der Waals surface area contributed by atoms with Crippen molar-refractivity contribution in [3.05, 3.63) is 0 Å². The molecule has 0 aromatic heterocycles. The smallest absolute Gasteiger partial charge is 0.310 e. The van der Waals surface area contributed by atoms with Crippen molar-refractivity contribution < 1.29 is 17.9 Å². The Kier molecular flexibility index (Phi) is 3.49. The van der Waals surface area contributed by atoms with Crippen molar-refractivity contribution in [3.8, 4) is 0 Å². The number of methoxy groups -OCH3 is 1. The molecule has 1 saturated heterocycles. The maximum absolute atomic E-state index is 11.2. The molecule has 2 N–H and O–H groups in total. The fraction of sp³-hybridized carbons (Fsp3) is 0.875. The van der Waals surface area contributed by atoms with Gasteiger partial charge in [0.2, 0.25) is 0 Å². The number of nitrogens with two attached hydrogens (primary N) is 1. The molecule has 1 fully saturated rings. The summed E-state index contributed by atoms with van der Waals surface area (Å²) < 4.78 is 26.9. The average Bonchev–Trinajstić information content (AvgIpc) is 2.47. The fourth-order valence-corrected chi connectivity index (χ4v) is 3.65. The van der Waals surface area contributed by atoms with E-state index in [1.165, 1.54) is 7.11 Å². The quantitative estimate of drug-likeness (QED) is 0.628. The lowest BCUT2D eigenvalue weighted by Gasteiger charge is -2.17. The van der Waals surface area contributed by atoms with Crippen LogP contribution in [0.2, 0.25) is 0 Å². The van der Waals surface area contributed by atoms with E-state index in [-0.39, 0.29) is 24.0 Å². The number of sulfone groups is 1. The average molecular weight is 221 g/mol. The highest BCUT2D eigenvalue weighted by molar-refractivity contribution is 7.91. The SMILES string of the molecule is COC(=O)C(CN)C1CCS(=O)(=O)C1. The molecule has 0 spiro atoms. The number of carbonyl (C=O) groups is 1. The van der Waals surface area contributed by atoms with E-state index in [1.807, 2.05) is 0 Å². The highest BCUT2D eigenvalue weighted by Gasteiger charge is 2.36. The van der Waals surface area contributed by atoms with E-state index in [9.17, 15) is 13.2 Å². The normalized spacial score (nSPS) is 27.1. The summed E-state index contributed by atoms with van der Waals surface area (Å²) in [6.45, 7) is 0.146. The largest absolute Gasteiger partial charge is 0.469 e. The van der Waals surface area contributed by atoms with Crippen molar-refractivity contribution >= 4 is 15.8 Å². The molecular formula is C8H15NO4S. The van der Waals surface area contributed by atoms with Crippen molar-refractivity contribution in [2.45, 2.75) is 6.42 Å². The molecule has 0 bridgehead atoms. The molecule has 82 valence electrons. The van der Waals surface area contributed by atoms with Crippen LogP contribution in [0, 0.1) is 11.8 Å². The Balaban J connectivity index is 2.69. The summed E-state index contributed by atoms with van der Waals surface area (Å²) in [6, 6.07) is 0. The first-order valence-electron chi connectivity index (χ1n) is 4.48. The number of esters is 1. The van der Waals surface area contributed by atoms with Gasteiger partial charge in [0.1, 0.15) is 0 Å². The molecule has 0 radical (unpaired) electrons. The van der Waals surface area contributed by atoms with E-state index in [0.717, 1.165) is 0 Å². The molecule has 5 nitrogen and oxygen atoms in total. The Morgan fingerprint density at radius 1 is 1.64 bits per heavy atom. The molecule has 0 aliphatic carbocycles. The number of ether oxygens (including phenoxy) is 1. The zero-order valence-electron chi connectivity index (χ0n) is 8.10. The van der Waals surface area contributed by atoms with Crippen molar-refractivity contribution in [1.29, 1.82) is 0 Å². The first kappa shape index (κ1) is 11.5. The highest BCUT2D eigenvalue weighted by atomic mass is 32.2. The van der Waals surface area contributed by atoms with Gasteiger partial charge in [-0.3, -0.25) is 4.79 Å². The third kappa shape index (κ3) is 2.45. The molecule has 0 aromatic rings. The minimum atomic E-state index is -2.96. The third-order valence-electron chi connectivity index (χ3n) is 2.59. The predicted octanol–water partition coefficient (Wildman–Crippen LogP) is -0.831. The van der Waals surface area contributed by atoms with Crippen LogP contribution in [0.1, 0.15) is 6.42 Å². The molecule has 0 saturated carbocycles. The number of carbonyl (C=O) groups excluding carboxylic acids is 1. The highest BCUT2D eigenvalue weighted by Crippen LogP contribution is 2.26. The van der Waals surface area contributed by atoms with Crippen LogP contribution in [0.4, 0.5) is 0 Å². The maximum Gasteiger partial charge on any atom is 0.310 e. The van der Waals surface area contributed by atoms with Gasteiger partial charge in [-0.25, -0.2) is 8.42 Å². The molecule has 1 heterocycles. The molecule has 1 aliphatic heterocycles.